The number of hydrogen-bond acceptors (Lipinski definition) is 3. The molecule has 3 heteroatoms. The van der Waals surface area contributed by atoms with Crippen molar-refractivity contribution in [1.82, 2.24) is 10.6 Å². The van der Waals surface area contributed by atoms with E-state index in [2.05, 4.69) is 35.2 Å². The minimum Gasteiger partial charge on any atom is -0.316 e. The molecule has 0 saturated carbocycles. The van der Waals surface area contributed by atoms with Gasteiger partial charge in [0.15, 0.2) is 0 Å². The largest absolute Gasteiger partial charge is 0.316 e. The lowest BCUT2D eigenvalue weighted by atomic mass is 9.78. The molecule has 2 nitrogen and oxygen atoms in total. The minimum absolute atomic E-state index is 0.488. The molecule has 1 aliphatic rings. The molecular formula is C14H24N2S. The summed E-state index contributed by atoms with van der Waals surface area (Å²) in [5, 5.41) is 11.7. The second-order valence-corrected chi connectivity index (χ2v) is 6.06. The predicted octanol–water partition coefficient (Wildman–Crippen LogP) is 2.93. The van der Waals surface area contributed by atoms with Crippen LogP contribution >= 0.6 is 11.3 Å². The van der Waals surface area contributed by atoms with Crippen LogP contribution < -0.4 is 10.6 Å². The summed E-state index contributed by atoms with van der Waals surface area (Å²) in [6.07, 6.45) is 3.97. The molecule has 0 amide bonds. The lowest BCUT2D eigenvalue weighted by Crippen LogP contribution is -2.45. The minimum atomic E-state index is 0.488. The third kappa shape index (κ3) is 3.30. The average Bonchev–Trinajstić information content (AvgIpc) is 2.76. The van der Waals surface area contributed by atoms with E-state index in [1.807, 2.05) is 0 Å². The summed E-state index contributed by atoms with van der Waals surface area (Å²) in [6.45, 7) is 9.07. The van der Waals surface area contributed by atoms with E-state index in [-0.39, 0.29) is 0 Å². The van der Waals surface area contributed by atoms with Gasteiger partial charge in [-0.25, -0.2) is 0 Å². The van der Waals surface area contributed by atoms with Crippen molar-refractivity contribution in [3.63, 3.8) is 0 Å². The average molecular weight is 252 g/mol. The van der Waals surface area contributed by atoms with Crippen molar-refractivity contribution in [2.75, 3.05) is 19.6 Å². The molecule has 96 valence electrons. The third-order valence-electron chi connectivity index (χ3n) is 4.09. The van der Waals surface area contributed by atoms with Gasteiger partial charge in [-0.05, 0) is 60.0 Å². The van der Waals surface area contributed by atoms with Crippen LogP contribution in [0.25, 0.3) is 0 Å². The van der Waals surface area contributed by atoms with Crippen LogP contribution in [0.1, 0.15) is 37.3 Å². The molecule has 0 bridgehead atoms. The molecule has 0 aromatic carbocycles. The number of rotatable bonds is 5. The van der Waals surface area contributed by atoms with E-state index in [0.29, 0.717) is 5.41 Å². The molecule has 2 heterocycles. The highest BCUT2D eigenvalue weighted by Gasteiger charge is 2.29. The maximum Gasteiger partial charge on any atom is 0.0216 e. The Morgan fingerprint density at radius 1 is 1.47 bits per heavy atom. The van der Waals surface area contributed by atoms with Crippen molar-refractivity contribution in [2.24, 2.45) is 5.41 Å². The molecule has 1 aromatic heterocycles. The van der Waals surface area contributed by atoms with Gasteiger partial charge < -0.3 is 10.6 Å². The van der Waals surface area contributed by atoms with Crippen LogP contribution in [0.5, 0.6) is 0 Å². The van der Waals surface area contributed by atoms with Crippen molar-refractivity contribution in [3.05, 3.63) is 21.9 Å². The summed E-state index contributed by atoms with van der Waals surface area (Å²) in [5.74, 6) is 0. The van der Waals surface area contributed by atoms with E-state index in [0.717, 1.165) is 13.1 Å². The quantitative estimate of drug-likeness (QED) is 0.842. The van der Waals surface area contributed by atoms with Gasteiger partial charge in [0.1, 0.15) is 0 Å². The van der Waals surface area contributed by atoms with E-state index >= 15 is 0 Å². The first-order chi connectivity index (χ1) is 8.26. The topological polar surface area (TPSA) is 24.1 Å². The second kappa shape index (κ2) is 5.98. The van der Waals surface area contributed by atoms with E-state index < -0.39 is 0 Å². The molecule has 0 spiro atoms. The molecule has 1 atom stereocenters. The molecule has 2 N–H and O–H groups in total. The van der Waals surface area contributed by atoms with Crippen molar-refractivity contribution in [1.29, 1.82) is 0 Å². The number of thiophene rings is 1. The van der Waals surface area contributed by atoms with Crippen LogP contribution in [0.3, 0.4) is 0 Å². The van der Waals surface area contributed by atoms with Gasteiger partial charge in [0.05, 0.1) is 0 Å². The Morgan fingerprint density at radius 2 is 2.35 bits per heavy atom. The van der Waals surface area contributed by atoms with E-state index in [4.69, 9.17) is 0 Å². The SMILES string of the molecule is CCC1(CNCc2cscc2C)CCCNC1. The monoisotopic (exact) mass is 252 g/mol. The Kier molecular flexibility index (Phi) is 4.60. The lowest BCUT2D eigenvalue weighted by molar-refractivity contribution is 0.192. The molecule has 1 saturated heterocycles. The Morgan fingerprint density at radius 3 is 2.94 bits per heavy atom. The zero-order chi connectivity index (χ0) is 12.1. The summed E-state index contributed by atoms with van der Waals surface area (Å²) in [4.78, 5) is 0. The Balaban J connectivity index is 1.82. The summed E-state index contributed by atoms with van der Waals surface area (Å²) in [6, 6.07) is 0. The van der Waals surface area contributed by atoms with Gasteiger partial charge in [-0.2, -0.15) is 11.3 Å². The number of hydrogen-bond donors (Lipinski definition) is 2. The summed E-state index contributed by atoms with van der Waals surface area (Å²) in [5.41, 5.74) is 3.38. The van der Waals surface area contributed by atoms with Crippen LogP contribution in [0.4, 0.5) is 0 Å². The fourth-order valence-corrected chi connectivity index (χ4v) is 3.50. The van der Waals surface area contributed by atoms with Crippen LogP contribution in [0.15, 0.2) is 10.8 Å². The molecule has 2 rings (SSSR count). The smallest absolute Gasteiger partial charge is 0.0216 e. The first-order valence-electron chi connectivity index (χ1n) is 6.69. The van der Waals surface area contributed by atoms with Crippen molar-refractivity contribution < 1.29 is 0 Å². The van der Waals surface area contributed by atoms with Gasteiger partial charge in [-0.1, -0.05) is 6.92 Å². The van der Waals surface area contributed by atoms with Gasteiger partial charge >= 0.3 is 0 Å². The van der Waals surface area contributed by atoms with Gasteiger partial charge in [-0.15, -0.1) is 0 Å². The van der Waals surface area contributed by atoms with E-state index in [1.165, 1.54) is 43.5 Å². The van der Waals surface area contributed by atoms with Crippen LogP contribution in [-0.4, -0.2) is 19.6 Å². The first kappa shape index (κ1) is 13.1. The Hall–Kier alpha value is -0.380. The maximum atomic E-state index is 3.66. The first-order valence-corrected chi connectivity index (χ1v) is 7.63. The summed E-state index contributed by atoms with van der Waals surface area (Å²) in [7, 11) is 0. The fraction of sp³-hybridized carbons (Fsp3) is 0.714. The summed E-state index contributed by atoms with van der Waals surface area (Å²) >= 11 is 1.80. The fourth-order valence-electron chi connectivity index (χ4n) is 2.64. The number of nitrogens with one attached hydrogen (secondary N) is 2. The maximum absolute atomic E-state index is 3.66. The van der Waals surface area contributed by atoms with Crippen LogP contribution in [0.2, 0.25) is 0 Å². The highest BCUT2D eigenvalue weighted by Crippen LogP contribution is 2.29. The molecule has 1 fully saturated rings. The van der Waals surface area contributed by atoms with Crippen molar-refractivity contribution in [2.45, 2.75) is 39.7 Å². The van der Waals surface area contributed by atoms with Gasteiger partial charge in [-0.3, -0.25) is 0 Å². The van der Waals surface area contributed by atoms with E-state index in [1.54, 1.807) is 11.3 Å². The summed E-state index contributed by atoms with van der Waals surface area (Å²) < 4.78 is 0. The highest BCUT2D eigenvalue weighted by atomic mass is 32.1. The zero-order valence-corrected chi connectivity index (χ0v) is 11.8. The molecular weight excluding hydrogens is 228 g/mol. The van der Waals surface area contributed by atoms with Crippen LogP contribution in [0, 0.1) is 12.3 Å². The molecule has 1 aliphatic heterocycles. The van der Waals surface area contributed by atoms with E-state index in [9.17, 15) is 0 Å². The van der Waals surface area contributed by atoms with Crippen molar-refractivity contribution >= 4 is 11.3 Å². The molecule has 1 unspecified atom stereocenters. The molecule has 0 radical (unpaired) electrons. The molecule has 1 aromatic rings. The number of aryl methyl sites for hydroxylation is 1. The van der Waals surface area contributed by atoms with Gasteiger partial charge in [0, 0.05) is 19.6 Å². The zero-order valence-electron chi connectivity index (χ0n) is 11.0. The normalized spacial score (nSPS) is 25.1. The van der Waals surface area contributed by atoms with Gasteiger partial charge in [0.25, 0.3) is 0 Å². The Bertz CT molecular complexity index is 340. The highest BCUT2D eigenvalue weighted by molar-refractivity contribution is 7.08. The van der Waals surface area contributed by atoms with Gasteiger partial charge in [0.2, 0.25) is 0 Å². The standard InChI is InChI=1S/C14H24N2S/c1-3-14(5-4-6-15-10-14)11-16-7-13-9-17-8-12(13)2/h8-9,15-16H,3-7,10-11H2,1-2H3. The van der Waals surface area contributed by atoms with Crippen LogP contribution in [-0.2, 0) is 6.54 Å². The number of piperidine rings is 1. The van der Waals surface area contributed by atoms with Crippen molar-refractivity contribution in [3.8, 4) is 0 Å². The molecule has 0 aliphatic carbocycles. The third-order valence-corrected chi connectivity index (χ3v) is 5.00. The second-order valence-electron chi connectivity index (χ2n) is 5.32. The molecule has 17 heavy (non-hydrogen) atoms. The Labute approximate surface area is 109 Å². The lowest BCUT2D eigenvalue weighted by Gasteiger charge is -2.37. The predicted molar refractivity (Wildman–Crippen MR) is 75.6 cm³/mol.